The molecule has 0 aromatic heterocycles. The fourth-order valence-electron chi connectivity index (χ4n) is 3.47. The van der Waals surface area contributed by atoms with E-state index in [9.17, 15) is 0 Å². The SMILES string of the molecule is CCOc1cc(C)c(C)cc1C(CN)Cc1cccc2ccccc12. The van der Waals surface area contributed by atoms with E-state index in [4.69, 9.17) is 10.5 Å². The van der Waals surface area contributed by atoms with Gasteiger partial charge >= 0.3 is 0 Å². The maximum Gasteiger partial charge on any atom is 0.123 e. The minimum atomic E-state index is 0.242. The molecule has 0 radical (unpaired) electrons. The summed E-state index contributed by atoms with van der Waals surface area (Å²) in [5.74, 6) is 1.22. The number of rotatable bonds is 6. The molecule has 0 aliphatic heterocycles. The van der Waals surface area contributed by atoms with Crippen LogP contribution in [0.15, 0.2) is 54.6 Å². The third-order valence-corrected chi connectivity index (χ3v) is 5.00. The third kappa shape index (κ3) is 3.69. The molecule has 0 saturated heterocycles. The lowest BCUT2D eigenvalue weighted by molar-refractivity contribution is 0.333. The highest BCUT2D eigenvalue weighted by molar-refractivity contribution is 5.85. The number of aryl methyl sites for hydroxylation is 2. The largest absolute Gasteiger partial charge is 0.494 e. The van der Waals surface area contributed by atoms with Gasteiger partial charge in [0.2, 0.25) is 0 Å². The van der Waals surface area contributed by atoms with Crippen LogP contribution in [-0.2, 0) is 6.42 Å². The molecule has 0 heterocycles. The second-order valence-electron chi connectivity index (χ2n) is 6.68. The van der Waals surface area contributed by atoms with Gasteiger partial charge in [-0.2, -0.15) is 0 Å². The van der Waals surface area contributed by atoms with Crippen molar-refractivity contribution in [1.29, 1.82) is 0 Å². The van der Waals surface area contributed by atoms with E-state index in [2.05, 4.69) is 68.4 Å². The van der Waals surface area contributed by atoms with Gasteiger partial charge in [0.15, 0.2) is 0 Å². The Morgan fingerprint density at radius 2 is 1.68 bits per heavy atom. The zero-order valence-corrected chi connectivity index (χ0v) is 15.4. The smallest absolute Gasteiger partial charge is 0.123 e. The predicted octanol–water partition coefficient (Wildman–Crippen LogP) is 5.14. The van der Waals surface area contributed by atoms with Gasteiger partial charge in [-0.05, 0) is 72.8 Å². The first-order valence-electron chi connectivity index (χ1n) is 9.04. The molecular formula is C23H27NO. The van der Waals surface area contributed by atoms with Crippen molar-refractivity contribution in [2.75, 3.05) is 13.2 Å². The van der Waals surface area contributed by atoms with Crippen LogP contribution in [0.5, 0.6) is 5.75 Å². The quantitative estimate of drug-likeness (QED) is 0.678. The van der Waals surface area contributed by atoms with Gasteiger partial charge < -0.3 is 10.5 Å². The van der Waals surface area contributed by atoms with Gasteiger partial charge in [0, 0.05) is 5.92 Å². The number of nitrogens with two attached hydrogens (primary N) is 1. The van der Waals surface area contributed by atoms with Crippen molar-refractivity contribution in [2.45, 2.75) is 33.1 Å². The normalized spacial score (nSPS) is 12.3. The standard InChI is InChI=1S/C23H27NO/c1-4-25-23-13-17(3)16(2)12-22(23)20(15-24)14-19-10-7-9-18-8-5-6-11-21(18)19/h5-13,20H,4,14-15,24H2,1-3H3. The molecule has 1 unspecified atom stereocenters. The van der Waals surface area contributed by atoms with Crippen molar-refractivity contribution in [3.05, 3.63) is 76.9 Å². The van der Waals surface area contributed by atoms with Gasteiger partial charge in [-0.3, -0.25) is 0 Å². The van der Waals surface area contributed by atoms with Crippen LogP contribution in [0, 0.1) is 13.8 Å². The topological polar surface area (TPSA) is 35.2 Å². The van der Waals surface area contributed by atoms with Crippen LogP contribution < -0.4 is 10.5 Å². The van der Waals surface area contributed by atoms with Crippen molar-refractivity contribution >= 4 is 10.8 Å². The van der Waals surface area contributed by atoms with Gasteiger partial charge in [-0.1, -0.05) is 48.5 Å². The van der Waals surface area contributed by atoms with E-state index < -0.39 is 0 Å². The summed E-state index contributed by atoms with van der Waals surface area (Å²) in [6, 6.07) is 19.5. The molecule has 2 nitrogen and oxygen atoms in total. The summed E-state index contributed by atoms with van der Waals surface area (Å²) < 4.78 is 5.93. The summed E-state index contributed by atoms with van der Waals surface area (Å²) in [5, 5.41) is 2.59. The number of fused-ring (bicyclic) bond motifs is 1. The summed E-state index contributed by atoms with van der Waals surface area (Å²) in [5.41, 5.74) is 11.3. The average Bonchev–Trinajstić information content (AvgIpc) is 2.63. The Balaban J connectivity index is 2.02. The van der Waals surface area contributed by atoms with Crippen LogP contribution in [-0.4, -0.2) is 13.2 Å². The molecule has 2 N–H and O–H groups in total. The van der Waals surface area contributed by atoms with Gasteiger partial charge in [0.05, 0.1) is 6.61 Å². The van der Waals surface area contributed by atoms with E-state index in [0.717, 1.165) is 12.2 Å². The molecule has 0 amide bonds. The second-order valence-corrected chi connectivity index (χ2v) is 6.68. The average molecular weight is 333 g/mol. The molecule has 25 heavy (non-hydrogen) atoms. The van der Waals surface area contributed by atoms with Crippen molar-refractivity contribution in [3.63, 3.8) is 0 Å². The fraction of sp³-hybridized carbons (Fsp3) is 0.304. The van der Waals surface area contributed by atoms with E-state index in [-0.39, 0.29) is 5.92 Å². The third-order valence-electron chi connectivity index (χ3n) is 5.00. The van der Waals surface area contributed by atoms with E-state index in [1.165, 1.54) is 33.0 Å². The Bertz CT molecular complexity index is 864. The maximum atomic E-state index is 6.19. The molecule has 0 spiro atoms. The van der Waals surface area contributed by atoms with Crippen LogP contribution in [0.3, 0.4) is 0 Å². The lowest BCUT2D eigenvalue weighted by atomic mass is 9.87. The minimum absolute atomic E-state index is 0.242. The highest BCUT2D eigenvalue weighted by atomic mass is 16.5. The molecule has 0 bridgehead atoms. The number of benzene rings is 3. The van der Waals surface area contributed by atoms with Gasteiger partial charge in [0.25, 0.3) is 0 Å². The Hall–Kier alpha value is -2.32. The second kappa shape index (κ2) is 7.71. The monoisotopic (exact) mass is 333 g/mol. The summed E-state index contributed by atoms with van der Waals surface area (Å²) >= 11 is 0. The summed E-state index contributed by atoms with van der Waals surface area (Å²) in [6.07, 6.45) is 0.917. The minimum Gasteiger partial charge on any atom is -0.494 e. The molecule has 130 valence electrons. The Labute approximate surface area is 150 Å². The Morgan fingerprint density at radius 1 is 0.960 bits per heavy atom. The van der Waals surface area contributed by atoms with Crippen LogP contribution in [0.1, 0.15) is 35.1 Å². The van der Waals surface area contributed by atoms with E-state index in [1.54, 1.807) is 0 Å². The van der Waals surface area contributed by atoms with Crippen LogP contribution >= 0.6 is 0 Å². The molecule has 0 fully saturated rings. The summed E-state index contributed by atoms with van der Waals surface area (Å²) in [7, 11) is 0. The zero-order valence-electron chi connectivity index (χ0n) is 15.4. The first-order valence-corrected chi connectivity index (χ1v) is 9.04. The first kappa shape index (κ1) is 17.5. The van der Waals surface area contributed by atoms with E-state index in [0.29, 0.717) is 13.2 Å². The van der Waals surface area contributed by atoms with E-state index >= 15 is 0 Å². The predicted molar refractivity (Wildman–Crippen MR) is 107 cm³/mol. The maximum absolute atomic E-state index is 6.19. The highest BCUT2D eigenvalue weighted by Crippen LogP contribution is 2.33. The van der Waals surface area contributed by atoms with E-state index in [1.807, 2.05) is 6.92 Å². The Morgan fingerprint density at radius 3 is 2.44 bits per heavy atom. The van der Waals surface area contributed by atoms with Crippen LogP contribution in [0.25, 0.3) is 10.8 Å². The molecular weight excluding hydrogens is 306 g/mol. The highest BCUT2D eigenvalue weighted by Gasteiger charge is 2.18. The van der Waals surface area contributed by atoms with Gasteiger partial charge in [-0.15, -0.1) is 0 Å². The molecule has 3 aromatic carbocycles. The number of hydrogen-bond donors (Lipinski definition) is 1. The summed E-state index contributed by atoms with van der Waals surface area (Å²) in [4.78, 5) is 0. The lowest BCUT2D eigenvalue weighted by Gasteiger charge is -2.21. The van der Waals surface area contributed by atoms with Crippen molar-refractivity contribution in [3.8, 4) is 5.75 Å². The van der Waals surface area contributed by atoms with Crippen molar-refractivity contribution in [2.24, 2.45) is 5.73 Å². The first-order chi connectivity index (χ1) is 12.1. The van der Waals surface area contributed by atoms with Gasteiger partial charge in [0.1, 0.15) is 5.75 Å². The van der Waals surface area contributed by atoms with Gasteiger partial charge in [-0.25, -0.2) is 0 Å². The van der Waals surface area contributed by atoms with Crippen LogP contribution in [0.4, 0.5) is 0 Å². The van der Waals surface area contributed by atoms with Crippen molar-refractivity contribution in [1.82, 2.24) is 0 Å². The van der Waals surface area contributed by atoms with Crippen molar-refractivity contribution < 1.29 is 4.74 Å². The molecule has 3 aromatic rings. The fourth-order valence-corrected chi connectivity index (χ4v) is 3.47. The molecule has 1 atom stereocenters. The molecule has 0 aliphatic rings. The zero-order chi connectivity index (χ0) is 17.8. The lowest BCUT2D eigenvalue weighted by Crippen LogP contribution is -2.17. The number of ether oxygens (including phenoxy) is 1. The summed E-state index contributed by atoms with van der Waals surface area (Å²) in [6.45, 7) is 7.58. The molecule has 0 saturated carbocycles. The Kier molecular flexibility index (Phi) is 5.40. The van der Waals surface area contributed by atoms with Crippen LogP contribution in [0.2, 0.25) is 0 Å². The molecule has 3 rings (SSSR count). The molecule has 2 heteroatoms. The molecule has 0 aliphatic carbocycles. The number of hydrogen-bond acceptors (Lipinski definition) is 2.